The van der Waals surface area contributed by atoms with Crippen LogP contribution in [0.2, 0.25) is 0 Å². The molecule has 1 aliphatic heterocycles. The number of hydrogen-bond acceptors (Lipinski definition) is 4. The van der Waals surface area contributed by atoms with Crippen LogP contribution in [0.1, 0.15) is 34.6 Å². The first kappa shape index (κ1) is 16.9. The van der Waals surface area contributed by atoms with Gasteiger partial charge in [-0.05, 0) is 33.7 Å². The van der Waals surface area contributed by atoms with Crippen LogP contribution in [-0.2, 0) is 0 Å². The molecule has 0 aromatic heterocycles. The summed E-state index contributed by atoms with van der Waals surface area (Å²) in [5.41, 5.74) is -0.663. The first-order chi connectivity index (χ1) is 8.71. The van der Waals surface area contributed by atoms with Gasteiger partial charge in [0.05, 0.1) is 5.60 Å². The first-order valence-electron chi connectivity index (χ1n) is 7.60. The van der Waals surface area contributed by atoms with Gasteiger partial charge in [-0.3, -0.25) is 4.90 Å². The number of rotatable bonds is 6. The lowest BCUT2D eigenvalue weighted by Crippen LogP contribution is -2.56. The minimum Gasteiger partial charge on any atom is -0.389 e. The van der Waals surface area contributed by atoms with Gasteiger partial charge in [0.2, 0.25) is 0 Å². The van der Waals surface area contributed by atoms with Gasteiger partial charge in [-0.1, -0.05) is 13.8 Å². The normalized spacial score (nSPS) is 22.7. The van der Waals surface area contributed by atoms with Crippen molar-refractivity contribution in [3.05, 3.63) is 0 Å². The molecule has 1 saturated heterocycles. The van der Waals surface area contributed by atoms with E-state index in [2.05, 4.69) is 42.9 Å². The summed E-state index contributed by atoms with van der Waals surface area (Å²) in [6.45, 7) is 15.9. The standard InChI is InChI=1S/C15H33N3O/c1-12(2)14(11-16-13(3)15(4,5)19)18-9-7-17(6)8-10-18/h12-14,16,19H,7-11H2,1-6H3. The van der Waals surface area contributed by atoms with Gasteiger partial charge < -0.3 is 15.3 Å². The Balaban J connectivity index is 2.49. The molecule has 1 heterocycles. The maximum atomic E-state index is 10.00. The molecule has 0 saturated carbocycles. The van der Waals surface area contributed by atoms with Gasteiger partial charge >= 0.3 is 0 Å². The van der Waals surface area contributed by atoms with Crippen molar-refractivity contribution < 1.29 is 5.11 Å². The van der Waals surface area contributed by atoms with Crippen molar-refractivity contribution in [1.29, 1.82) is 0 Å². The van der Waals surface area contributed by atoms with Gasteiger partial charge in [-0.2, -0.15) is 0 Å². The summed E-state index contributed by atoms with van der Waals surface area (Å²) in [7, 11) is 2.19. The summed E-state index contributed by atoms with van der Waals surface area (Å²) in [6, 6.07) is 0.666. The third kappa shape index (κ3) is 5.38. The van der Waals surface area contributed by atoms with E-state index in [0.29, 0.717) is 12.0 Å². The van der Waals surface area contributed by atoms with Crippen molar-refractivity contribution in [2.75, 3.05) is 39.8 Å². The molecule has 1 fully saturated rings. The fourth-order valence-corrected chi connectivity index (χ4v) is 2.49. The number of likely N-dealkylation sites (N-methyl/N-ethyl adjacent to an activating group) is 1. The predicted molar refractivity (Wildman–Crippen MR) is 81.5 cm³/mol. The zero-order valence-electron chi connectivity index (χ0n) is 13.6. The van der Waals surface area contributed by atoms with E-state index in [9.17, 15) is 5.11 Å². The van der Waals surface area contributed by atoms with Gasteiger partial charge in [0.25, 0.3) is 0 Å². The van der Waals surface area contributed by atoms with Crippen LogP contribution in [0.3, 0.4) is 0 Å². The van der Waals surface area contributed by atoms with Crippen LogP contribution in [0.5, 0.6) is 0 Å². The van der Waals surface area contributed by atoms with E-state index in [1.807, 2.05) is 13.8 Å². The first-order valence-corrected chi connectivity index (χ1v) is 7.60. The fraction of sp³-hybridized carbons (Fsp3) is 1.00. The fourth-order valence-electron chi connectivity index (χ4n) is 2.49. The van der Waals surface area contributed by atoms with E-state index in [1.165, 1.54) is 0 Å². The molecule has 2 N–H and O–H groups in total. The third-order valence-electron chi connectivity index (χ3n) is 4.47. The summed E-state index contributed by atoms with van der Waals surface area (Å²) in [5.74, 6) is 0.630. The molecule has 114 valence electrons. The second-order valence-corrected chi connectivity index (χ2v) is 6.93. The predicted octanol–water partition coefficient (Wildman–Crippen LogP) is 1.01. The lowest BCUT2D eigenvalue weighted by Gasteiger charge is -2.41. The Hall–Kier alpha value is -0.160. The van der Waals surface area contributed by atoms with Crippen molar-refractivity contribution in [3.8, 4) is 0 Å². The van der Waals surface area contributed by atoms with Crippen LogP contribution >= 0.6 is 0 Å². The molecule has 4 heteroatoms. The average molecular weight is 271 g/mol. The number of nitrogens with one attached hydrogen (secondary N) is 1. The molecule has 0 amide bonds. The highest BCUT2D eigenvalue weighted by Gasteiger charge is 2.27. The molecule has 0 aliphatic carbocycles. The zero-order valence-corrected chi connectivity index (χ0v) is 13.6. The molecule has 1 aliphatic rings. The molecule has 1 rings (SSSR count). The lowest BCUT2D eigenvalue weighted by molar-refractivity contribution is 0.0347. The summed E-state index contributed by atoms with van der Waals surface area (Å²) in [5, 5.41) is 13.5. The topological polar surface area (TPSA) is 38.7 Å². The second kappa shape index (κ2) is 7.02. The van der Waals surface area contributed by atoms with Crippen molar-refractivity contribution in [1.82, 2.24) is 15.1 Å². The van der Waals surface area contributed by atoms with Crippen LogP contribution in [0.4, 0.5) is 0 Å². The minimum absolute atomic E-state index is 0.112. The van der Waals surface area contributed by atoms with E-state index in [0.717, 1.165) is 32.7 Å². The van der Waals surface area contributed by atoms with E-state index >= 15 is 0 Å². The van der Waals surface area contributed by atoms with E-state index in [4.69, 9.17) is 0 Å². The van der Waals surface area contributed by atoms with Gasteiger partial charge in [0, 0.05) is 44.8 Å². The molecular formula is C15H33N3O. The Morgan fingerprint density at radius 3 is 2.05 bits per heavy atom. The summed E-state index contributed by atoms with van der Waals surface area (Å²) in [6.07, 6.45) is 0. The van der Waals surface area contributed by atoms with Gasteiger partial charge in [0.15, 0.2) is 0 Å². The van der Waals surface area contributed by atoms with Crippen LogP contribution < -0.4 is 5.32 Å². The second-order valence-electron chi connectivity index (χ2n) is 6.93. The monoisotopic (exact) mass is 271 g/mol. The van der Waals surface area contributed by atoms with Crippen LogP contribution in [-0.4, -0.2) is 72.4 Å². The van der Waals surface area contributed by atoms with Crippen LogP contribution in [0, 0.1) is 5.92 Å². The van der Waals surface area contributed by atoms with E-state index < -0.39 is 5.60 Å². The Morgan fingerprint density at radius 2 is 1.63 bits per heavy atom. The van der Waals surface area contributed by atoms with Gasteiger partial charge in [-0.25, -0.2) is 0 Å². The highest BCUT2D eigenvalue weighted by atomic mass is 16.3. The maximum absolute atomic E-state index is 10.00. The highest BCUT2D eigenvalue weighted by Crippen LogP contribution is 2.14. The number of hydrogen-bond donors (Lipinski definition) is 2. The molecule has 0 aromatic rings. The number of piperazine rings is 1. The Kier molecular flexibility index (Phi) is 6.24. The molecular weight excluding hydrogens is 238 g/mol. The van der Waals surface area contributed by atoms with Crippen LogP contribution in [0.15, 0.2) is 0 Å². The smallest absolute Gasteiger partial charge is 0.0741 e. The van der Waals surface area contributed by atoms with Crippen molar-refractivity contribution in [2.45, 2.75) is 52.3 Å². The molecule has 0 aromatic carbocycles. The SMILES string of the molecule is CC(C)C(CNC(C)C(C)(C)O)N1CCN(C)CC1. The number of nitrogens with zero attached hydrogens (tertiary/aromatic N) is 2. The van der Waals surface area contributed by atoms with Gasteiger partial charge in [-0.15, -0.1) is 0 Å². The molecule has 0 radical (unpaired) electrons. The Labute approximate surface area is 119 Å². The molecule has 0 spiro atoms. The average Bonchev–Trinajstić information content (AvgIpc) is 2.29. The maximum Gasteiger partial charge on any atom is 0.0741 e. The van der Waals surface area contributed by atoms with Crippen LogP contribution in [0.25, 0.3) is 0 Å². The van der Waals surface area contributed by atoms with E-state index in [1.54, 1.807) is 0 Å². The third-order valence-corrected chi connectivity index (χ3v) is 4.47. The van der Waals surface area contributed by atoms with E-state index in [-0.39, 0.29) is 6.04 Å². The largest absolute Gasteiger partial charge is 0.389 e. The summed E-state index contributed by atoms with van der Waals surface area (Å²) in [4.78, 5) is 4.98. The molecule has 4 nitrogen and oxygen atoms in total. The lowest BCUT2D eigenvalue weighted by atomic mass is 9.98. The number of aliphatic hydroxyl groups is 1. The quantitative estimate of drug-likeness (QED) is 0.756. The molecule has 2 atom stereocenters. The Morgan fingerprint density at radius 1 is 1.11 bits per heavy atom. The highest BCUT2D eigenvalue weighted by molar-refractivity contribution is 4.85. The molecule has 0 bridgehead atoms. The van der Waals surface area contributed by atoms with Gasteiger partial charge in [0.1, 0.15) is 0 Å². The minimum atomic E-state index is -0.663. The van der Waals surface area contributed by atoms with Crippen molar-refractivity contribution in [2.24, 2.45) is 5.92 Å². The molecule has 2 unspecified atom stereocenters. The summed E-state index contributed by atoms with van der Waals surface area (Å²) >= 11 is 0. The molecule has 19 heavy (non-hydrogen) atoms. The van der Waals surface area contributed by atoms with Crippen molar-refractivity contribution in [3.63, 3.8) is 0 Å². The zero-order chi connectivity index (χ0) is 14.6. The summed E-state index contributed by atoms with van der Waals surface area (Å²) < 4.78 is 0. The van der Waals surface area contributed by atoms with Crippen molar-refractivity contribution >= 4 is 0 Å². The Bertz CT molecular complexity index is 255.